The Morgan fingerprint density at radius 1 is 1.24 bits per heavy atom. The molecule has 2 unspecified atom stereocenters. The van der Waals surface area contributed by atoms with Crippen molar-refractivity contribution < 1.29 is 18.7 Å². The fourth-order valence-corrected chi connectivity index (χ4v) is 3.93. The lowest BCUT2D eigenvalue weighted by Gasteiger charge is -2.44. The number of rotatable bonds is 2. The molecule has 25 heavy (non-hydrogen) atoms. The minimum Gasteiger partial charge on any atom is -0.487 e. The van der Waals surface area contributed by atoms with Crippen LogP contribution >= 0.6 is 0 Å². The lowest BCUT2D eigenvalue weighted by molar-refractivity contribution is -0.109. The van der Waals surface area contributed by atoms with E-state index in [0.29, 0.717) is 49.7 Å². The van der Waals surface area contributed by atoms with Gasteiger partial charge in [-0.25, -0.2) is 4.39 Å². The summed E-state index contributed by atoms with van der Waals surface area (Å²) in [5, 5.41) is 0. The third kappa shape index (κ3) is 2.49. The van der Waals surface area contributed by atoms with E-state index in [0.717, 1.165) is 13.1 Å². The number of likely N-dealkylation sites (N-methyl/N-ethyl adjacent to an activating group) is 1. The summed E-state index contributed by atoms with van der Waals surface area (Å²) < 4.78 is 20.9. The maximum absolute atomic E-state index is 15.0. The van der Waals surface area contributed by atoms with Crippen LogP contribution in [0.2, 0.25) is 0 Å². The fraction of sp³-hybridized carbons (Fsp3) is 0.556. The molecule has 0 spiro atoms. The number of carbonyl (C=O) groups is 2. The van der Waals surface area contributed by atoms with Crippen molar-refractivity contribution in [2.45, 2.75) is 13.0 Å². The number of ketones is 1. The van der Waals surface area contributed by atoms with Gasteiger partial charge in [-0.15, -0.1) is 0 Å². The van der Waals surface area contributed by atoms with Crippen LogP contribution in [-0.2, 0) is 4.79 Å². The largest absolute Gasteiger partial charge is 0.487 e. The summed E-state index contributed by atoms with van der Waals surface area (Å²) >= 11 is 0. The maximum atomic E-state index is 15.0. The van der Waals surface area contributed by atoms with Gasteiger partial charge >= 0.3 is 0 Å². The van der Waals surface area contributed by atoms with Crippen molar-refractivity contribution in [1.29, 1.82) is 0 Å². The molecule has 6 nitrogen and oxygen atoms in total. The molecule has 3 aliphatic rings. The number of nitrogens with zero attached hydrogens (tertiary/aromatic N) is 3. The average Bonchev–Trinajstić information content (AvgIpc) is 2.60. The predicted octanol–water partition coefficient (Wildman–Crippen LogP) is 1.18. The van der Waals surface area contributed by atoms with Gasteiger partial charge in [-0.05, 0) is 20.0 Å². The minimum absolute atomic E-state index is 0.0348. The summed E-state index contributed by atoms with van der Waals surface area (Å²) in [6.07, 6.45) is 0.666. The molecule has 134 valence electrons. The minimum atomic E-state index is -0.741. The van der Waals surface area contributed by atoms with E-state index in [4.69, 9.17) is 4.74 Å². The molecule has 4 rings (SSSR count). The molecule has 7 heteroatoms. The Morgan fingerprint density at radius 3 is 2.64 bits per heavy atom. The quantitative estimate of drug-likeness (QED) is 0.591. The number of halogens is 1. The van der Waals surface area contributed by atoms with Crippen LogP contribution in [0, 0.1) is 11.7 Å². The number of aldehydes is 1. The molecular formula is C18H22FN3O3. The topological polar surface area (TPSA) is 53.1 Å². The molecule has 0 aromatic heterocycles. The molecule has 0 saturated carbocycles. The van der Waals surface area contributed by atoms with Crippen LogP contribution in [0.25, 0.3) is 0 Å². The first-order valence-corrected chi connectivity index (χ1v) is 8.70. The SMILES string of the molecule is CC1COc2c(N3CCN(C)CC3)c(F)cc3c2N1CC(C=O)C3=O. The van der Waals surface area contributed by atoms with Crippen LogP contribution in [0.15, 0.2) is 6.07 Å². The summed E-state index contributed by atoms with van der Waals surface area (Å²) in [4.78, 5) is 30.1. The van der Waals surface area contributed by atoms with Crippen LogP contribution in [-0.4, -0.2) is 69.4 Å². The summed E-state index contributed by atoms with van der Waals surface area (Å²) in [6.45, 7) is 5.86. The summed E-state index contributed by atoms with van der Waals surface area (Å²) in [7, 11) is 2.04. The zero-order valence-corrected chi connectivity index (χ0v) is 14.5. The number of carbonyl (C=O) groups excluding carboxylic acids is 2. The highest BCUT2D eigenvalue weighted by Crippen LogP contribution is 2.48. The summed E-state index contributed by atoms with van der Waals surface area (Å²) in [6, 6.07) is 1.33. The molecular weight excluding hydrogens is 325 g/mol. The molecule has 0 N–H and O–H groups in total. The number of benzene rings is 1. The predicted molar refractivity (Wildman–Crippen MR) is 92.3 cm³/mol. The molecule has 0 radical (unpaired) electrons. The van der Waals surface area contributed by atoms with Crippen molar-refractivity contribution in [3.8, 4) is 5.75 Å². The van der Waals surface area contributed by atoms with Crippen molar-refractivity contribution in [2.75, 3.05) is 56.2 Å². The van der Waals surface area contributed by atoms with Gasteiger partial charge in [0.05, 0.1) is 17.6 Å². The fourth-order valence-electron chi connectivity index (χ4n) is 3.93. The lowest BCUT2D eigenvalue weighted by Crippen LogP contribution is -2.50. The van der Waals surface area contributed by atoms with E-state index < -0.39 is 11.7 Å². The van der Waals surface area contributed by atoms with Crippen LogP contribution in [0.4, 0.5) is 15.8 Å². The molecule has 1 fully saturated rings. The van der Waals surface area contributed by atoms with E-state index in [9.17, 15) is 14.0 Å². The second-order valence-electron chi connectivity index (χ2n) is 7.14. The number of hydrogen-bond donors (Lipinski definition) is 0. The van der Waals surface area contributed by atoms with Crippen molar-refractivity contribution in [3.63, 3.8) is 0 Å². The molecule has 3 aliphatic heterocycles. The molecule has 0 amide bonds. The molecule has 0 bridgehead atoms. The Hall–Kier alpha value is -2.15. The second-order valence-corrected chi connectivity index (χ2v) is 7.14. The van der Waals surface area contributed by atoms with E-state index in [1.165, 1.54) is 6.07 Å². The molecule has 1 saturated heterocycles. The van der Waals surface area contributed by atoms with Crippen LogP contribution in [0.1, 0.15) is 17.3 Å². The van der Waals surface area contributed by atoms with Gasteiger partial charge in [-0.3, -0.25) is 4.79 Å². The highest BCUT2D eigenvalue weighted by atomic mass is 19.1. The van der Waals surface area contributed by atoms with Crippen molar-refractivity contribution in [1.82, 2.24) is 4.90 Å². The van der Waals surface area contributed by atoms with Crippen LogP contribution < -0.4 is 14.5 Å². The molecule has 1 aromatic rings. The van der Waals surface area contributed by atoms with Crippen molar-refractivity contribution in [2.24, 2.45) is 5.92 Å². The monoisotopic (exact) mass is 347 g/mol. The van der Waals surface area contributed by atoms with E-state index in [-0.39, 0.29) is 17.4 Å². The third-order valence-corrected chi connectivity index (χ3v) is 5.45. The highest BCUT2D eigenvalue weighted by Gasteiger charge is 2.41. The number of hydrogen-bond acceptors (Lipinski definition) is 6. The van der Waals surface area contributed by atoms with Gasteiger partial charge in [0, 0.05) is 38.3 Å². The van der Waals surface area contributed by atoms with Gasteiger partial charge in [-0.1, -0.05) is 0 Å². The third-order valence-electron chi connectivity index (χ3n) is 5.45. The van der Waals surface area contributed by atoms with Crippen molar-refractivity contribution >= 4 is 23.4 Å². The standard InChI is InChI=1S/C18H22FN3O3/c1-11-10-25-18-15-13(17(24)12(9-23)8-22(11)15)7-14(19)16(18)21-5-3-20(2)4-6-21/h7,9,11-12H,3-6,8,10H2,1-2H3. The Kier molecular flexibility index (Phi) is 3.91. The van der Waals surface area contributed by atoms with E-state index in [1.807, 2.05) is 23.8 Å². The van der Waals surface area contributed by atoms with E-state index >= 15 is 0 Å². The number of anilines is 2. The van der Waals surface area contributed by atoms with Gasteiger partial charge in [0.25, 0.3) is 0 Å². The van der Waals surface area contributed by atoms with Crippen LogP contribution in [0.3, 0.4) is 0 Å². The highest BCUT2D eigenvalue weighted by molar-refractivity contribution is 6.12. The van der Waals surface area contributed by atoms with Gasteiger partial charge in [0.1, 0.15) is 18.6 Å². The first kappa shape index (κ1) is 16.3. The summed E-state index contributed by atoms with van der Waals surface area (Å²) in [5.41, 5.74) is 1.36. The smallest absolute Gasteiger partial charge is 0.177 e. The van der Waals surface area contributed by atoms with E-state index in [2.05, 4.69) is 4.90 Å². The van der Waals surface area contributed by atoms with Crippen molar-refractivity contribution in [3.05, 3.63) is 17.4 Å². The number of Topliss-reactive ketones (excluding diaryl/α,β-unsaturated/α-hetero) is 1. The normalized spacial score (nSPS) is 26.3. The zero-order valence-electron chi connectivity index (χ0n) is 14.5. The molecule has 3 heterocycles. The Labute approximate surface area is 146 Å². The zero-order chi connectivity index (χ0) is 17.7. The van der Waals surface area contributed by atoms with Gasteiger partial charge < -0.3 is 24.2 Å². The molecule has 0 aliphatic carbocycles. The molecule has 2 atom stereocenters. The lowest BCUT2D eigenvalue weighted by atomic mass is 9.89. The molecule has 1 aromatic carbocycles. The van der Waals surface area contributed by atoms with E-state index in [1.54, 1.807) is 0 Å². The first-order valence-electron chi connectivity index (χ1n) is 8.70. The average molecular weight is 347 g/mol. The second kappa shape index (κ2) is 5.98. The van der Waals surface area contributed by atoms with Gasteiger partial charge in [0.2, 0.25) is 0 Å². The maximum Gasteiger partial charge on any atom is 0.177 e. The number of ether oxygens (including phenoxy) is 1. The van der Waals surface area contributed by atoms with Crippen LogP contribution in [0.5, 0.6) is 5.75 Å². The Morgan fingerprint density at radius 2 is 1.96 bits per heavy atom. The Bertz CT molecular complexity index is 731. The summed E-state index contributed by atoms with van der Waals surface area (Å²) in [5.74, 6) is -1.05. The Balaban J connectivity index is 1.85. The number of piperazine rings is 1. The van der Waals surface area contributed by atoms with Gasteiger partial charge in [0.15, 0.2) is 17.3 Å². The first-order chi connectivity index (χ1) is 12.0. The van der Waals surface area contributed by atoms with Gasteiger partial charge in [-0.2, -0.15) is 0 Å².